The van der Waals surface area contributed by atoms with E-state index in [0.29, 0.717) is 19.3 Å². The Hall–Kier alpha value is -2.89. The summed E-state index contributed by atoms with van der Waals surface area (Å²) in [6.07, 6.45) is 91.1. The van der Waals surface area contributed by atoms with Crippen LogP contribution in [0.15, 0.2) is 60.8 Å². The average molecular weight is 1150 g/mol. The van der Waals surface area contributed by atoms with Crippen LogP contribution in [0.1, 0.15) is 387 Å². The topological polar surface area (TPSA) is 78.9 Å². The van der Waals surface area contributed by atoms with Crippen LogP contribution in [0.25, 0.3) is 0 Å². The summed E-state index contributed by atoms with van der Waals surface area (Å²) in [5.74, 6) is -0.852. The van der Waals surface area contributed by atoms with E-state index in [1.807, 2.05) is 0 Å². The first-order valence-corrected chi connectivity index (χ1v) is 36.3. The standard InChI is InChI=1S/C76H138O6/c1-4-7-10-13-16-19-22-25-28-30-32-34-35-36-37-38-39-40-41-43-44-46-48-51-54-57-60-63-66-69-75(78)81-72-73(71-80-74(77)68-65-62-59-56-53-50-27-24-21-18-15-12-9-6-3)82-76(79)70-67-64-61-58-55-52-49-47-45-42-33-31-29-26-23-20-17-14-11-8-5-2/h7,10,16,19,24-25,27-28,32,34,73H,4-6,8-9,11-15,17-18,20-23,26,29-31,33,35-72H2,1-3H3/b10-7-,19-16-,27-24-,28-25-,34-32-. The summed E-state index contributed by atoms with van der Waals surface area (Å²) in [4.78, 5) is 38.5. The van der Waals surface area contributed by atoms with Crippen LogP contribution in [-0.2, 0) is 28.6 Å². The molecule has 0 spiro atoms. The Labute approximate surface area is 510 Å². The molecule has 0 aliphatic carbocycles. The molecule has 6 heteroatoms. The van der Waals surface area contributed by atoms with Crippen LogP contribution < -0.4 is 0 Å². The van der Waals surface area contributed by atoms with E-state index in [0.717, 1.165) is 89.9 Å². The molecular formula is C76H138O6. The van der Waals surface area contributed by atoms with E-state index in [1.165, 1.54) is 257 Å². The Morgan fingerprint density at radius 1 is 0.256 bits per heavy atom. The van der Waals surface area contributed by atoms with Gasteiger partial charge in [0, 0.05) is 19.3 Å². The van der Waals surface area contributed by atoms with Gasteiger partial charge in [0.2, 0.25) is 0 Å². The van der Waals surface area contributed by atoms with Crippen LogP contribution in [0.4, 0.5) is 0 Å². The first kappa shape index (κ1) is 79.1. The van der Waals surface area contributed by atoms with E-state index in [4.69, 9.17) is 14.2 Å². The normalized spacial score (nSPS) is 12.4. The largest absolute Gasteiger partial charge is 0.462 e. The van der Waals surface area contributed by atoms with Crippen molar-refractivity contribution < 1.29 is 28.6 Å². The third-order valence-electron chi connectivity index (χ3n) is 16.3. The number of rotatable bonds is 67. The Morgan fingerprint density at radius 3 is 0.756 bits per heavy atom. The second-order valence-corrected chi connectivity index (χ2v) is 24.5. The highest BCUT2D eigenvalue weighted by Gasteiger charge is 2.19. The second-order valence-electron chi connectivity index (χ2n) is 24.5. The molecule has 0 heterocycles. The zero-order valence-corrected chi connectivity index (χ0v) is 55.0. The molecular weight excluding hydrogens is 1010 g/mol. The number of unbranched alkanes of at least 4 members (excludes halogenated alkanes) is 46. The number of hydrogen-bond donors (Lipinski definition) is 0. The molecule has 6 nitrogen and oxygen atoms in total. The number of hydrogen-bond acceptors (Lipinski definition) is 6. The quantitative estimate of drug-likeness (QED) is 0.0261. The predicted octanol–water partition coefficient (Wildman–Crippen LogP) is 25.1. The molecule has 0 bridgehead atoms. The second kappa shape index (κ2) is 70.6. The highest BCUT2D eigenvalue weighted by molar-refractivity contribution is 5.71. The molecule has 1 atom stereocenters. The molecule has 0 saturated heterocycles. The number of allylic oxidation sites excluding steroid dienone is 10. The predicted molar refractivity (Wildman–Crippen MR) is 358 cm³/mol. The number of carbonyl (C=O) groups excluding carboxylic acids is 3. The van der Waals surface area contributed by atoms with Crippen LogP contribution in [0.3, 0.4) is 0 Å². The molecule has 0 aromatic carbocycles. The summed E-state index contributed by atoms with van der Waals surface area (Å²) in [7, 11) is 0. The van der Waals surface area contributed by atoms with Gasteiger partial charge in [-0.05, 0) is 83.5 Å². The Kier molecular flexibility index (Phi) is 68.1. The zero-order valence-electron chi connectivity index (χ0n) is 55.0. The molecule has 1 unspecified atom stereocenters. The average Bonchev–Trinajstić information content (AvgIpc) is 3.47. The summed E-state index contributed by atoms with van der Waals surface area (Å²) in [6, 6.07) is 0. The van der Waals surface area contributed by atoms with Crippen LogP contribution in [0.2, 0.25) is 0 Å². The van der Waals surface area contributed by atoms with Gasteiger partial charge in [0.25, 0.3) is 0 Å². The molecule has 0 aliphatic rings. The maximum absolute atomic E-state index is 13.0. The van der Waals surface area contributed by atoms with Crippen molar-refractivity contribution in [2.24, 2.45) is 0 Å². The number of carbonyl (C=O) groups is 3. The van der Waals surface area contributed by atoms with Crippen LogP contribution in [-0.4, -0.2) is 37.2 Å². The Balaban J connectivity index is 4.22. The summed E-state index contributed by atoms with van der Waals surface area (Å²) in [6.45, 7) is 6.58. The molecule has 0 rings (SSSR count). The van der Waals surface area contributed by atoms with Crippen molar-refractivity contribution in [2.45, 2.75) is 393 Å². The summed E-state index contributed by atoms with van der Waals surface area (Å²) in [5, 5.41) is 0. The highest BCUT2D eigenvalue weighted by Crippen LogP contribution is 2.18. The number of esters is 3. The van der Waals surface area contributed by atoms with Crippen molar-refractivity contribution in [1.29, 1.82) is 0 Å². The van der Waals surface area contributed by atoms with Crippen molar-refractivity contribution in [3.63, 3.8) is 0 Å². The summed E-state index contributed by atoms with van der Waals surface area (Å²) < 4.78 is 17.0. The SMILES string of the molecule is CC/C=C\C/C=C\C/C=C\C/C=C\CCCCCCCCCCCCCCCCCCC(=O)OCC(COC(=O)CCCCCCC/C=C\CCCCCCC)OC(=O)CCCCCCCCCCCCCCCCCCCCCCC. The van der Waals surface area contributed by atoms with E-state index in [-0.39, 0.29) is 31.1 Å². The molecule has 0 amide bonds. The van der Waals surface area contributed by atoms with Crippen LogP contribution in [0.5, 0.6) is 0 Å². The van der Waals surface area contributed by atoms with Gasteiger partial charge in [0.1, 0.15) is 13.2 Å². The van der Waals surface area contributed by atoms with E-state index in [1.54, 1.807) is 0 Å². The first-order valence-electron chi connectivity index (χ1n) is 36.3. The third-order valence-corrected chi connectivity index (χ3v) is 16.3. The zero-order chi connectivity index (χ0) is 59.2. The van der Waals surface area contributed by atoms with Gasteiger partial charge in [-0.15, -0.1) is 0 Å². The summed E-state index contributed by atoms with van der Waals surface area (Å²) >= 11 is 0. The fourth-order valence-corrected chi connectivity index (χ4v) is 10.8. The maximum Gasteiger partial charge on any atom is 0.306 e. The van der Waals surface area contributed by atoms with Crippen molar-refractivity contribution in [3.8, 4) is 0 Å². The lowest BCUT2D eigenvalue weighted by Crippen LogP contribution is -2.30. The molecule has 0 radical (unpaired) electrons. The van der Waals surface area contributed by atoms with Crippen molar-refractivity contribution in [1.82, 2.24) is 0 Å². The fraction of sp³-hybridized carbons (Fsp3) is 0.829. The van der Waals surface area contributed by atoms with Crippen LogP contribution in [0, 0.1) is 0 Å². The van der Waals surface area contributed by atoms with Gasteiger partial charge < -0.3 is 14.2 Å². The number of ether oxygens (including phenoxy) is 3. The van der Waals surface area contributed by atoms with Crippen molar-refractivity contribution >= 4 is 17.9 Å². The highest BCUT2D eigenvalue weighted by atomic mass is 16.6. The van der Waals surface area contributed by atoms with Gasteiger partial charge in [0.05, 0.1) is 0 Å². The van der Waals surface area contributed by atoms with E-state index < -0.39 is 6.10 Å². The van der Waals surface area contributed by atoms with E-state index >= 15 is 0 Å². The lowest BCUT2D eigenvalue weighted by atomic mass is 10.0. The first-order chi connectivity index (χ1) is 40.5. The minimum atomic E-state index is -0.775. The smallest absolute Gasteiger partial charge is 0.306 e. The van der Waals surface area contributed by atoms with Crippen molar-refractivity contribution in [2.75, 3.05) is 13.2 Å². The molecule has 82 heavy (non-hydrogen) atoms. The molecule has 0 aliphatic heterocycles. The Bertz CT molecular complexity index is 1460. The molecule has 0 N–H and O–H groups in total. The van der Waals surface area contributed by atoms with Gasteiger partial charge in [-0.2, -0.15) is 0 Å². The van der Waals surface area contributed by atoms with Gasteiger partial charge in [0.15, 0.2) is 6.10 Å². The van der Waals surface area contributed by atoms with E-state index in [9.17, 15) is 14.4 Å². The van der Waals surface area contributed by atoms with Gasteiger partial charge in [-0.25, -0.2) is 0 Å². The maximum atomic E-state index is 13.0. The van der Waals surface area contributed by atoms with Gasteiger partial charge >= 0.3 is 17.9 Å². The molecule has 478 valence electrons. The lowest BCUT2D eigenvalue weighted by Gasteiger charge is -2.18. The fourth-order valence-electron chi connectivity index (χ4n) is 10.8. The summed E-state index contributed by atoms with van der Waals surface area (Å²) in [5.41, 5.74) is 0. The third kappa shape index (κ3) is 67.9. The Morgan fingerprint density at radius 2 is 0.476 bits per heavy atom. The van der Waals surface area contributed by atoms with Gasteiger partial charge in [-0.3, -0.25) is 14.4 Å². The molecule has 0 aromatic heterocycles. The van der Waals surface area contributed by atoms with Crippen molar-refractivity contribution in [3.05, 3.63) is 60.8 Å². The molecule has 0 fully saturated rings. The minimum absolute atomic E-state index is 0.0712. The molecule has 0 aromatic rings. The minimum Gasteiger partial charge on any atom is -0.462 e. The monoisotopic (exact) mass is 1150 g/mol. The van der Waals surface area contributed by atoms with E-state index in [2.05, 4.69) is 81.5 Å². The van der Waals surface area contributed by atoms with Gasteiger partial charge in [-0.1, -0.05) is 345 Å². The van der Waals surface area contributed by atoms with Crippen LogP contribution >= 0.6 is 0 Å². The molecule has 0 saturated carbocycles. The lowest BCUT2D eigenvalue weighted by molar-refractivity contribution is -0.167.